The van der Waals surface area contributed by atoms with Gasteiger partial charge in [-0.1, -0.05) is 79.4 Å². The van der Waals surface area contributed by atoms with Crippen molar-refractivity contribution < 1.29 is 5.11 Å². The first-order valence-corrected chi connectivity index (χ1v) is 13.4. The van der Waals surface area contributed by atoms with Crippen LogP contribution >= 0.6 is 0 Å². The van der Waals surface area contributed by atoms with Crippen LogP contribution in [0.3, 0.4) is 0 Å². The number of fused-ring (bicyclic) bond motifs is 5. The molecule has 4 aliphatic carbocycles. The van der Waals surface area contributed by atoms with Gasteiger partial charge in [0.1, 0.15) is 0 Å². The smallest absolute Gasteiger partial charge is 0.0634 e. The zero-order chi connectivity index (χ0) is 21.9. The molecule has 0 saturated heterocycles. The van der Waals surface area contributed by atoms with Crippen LogP contribution in [0.4, 0.5) is 0 Å². The Hall–Kier alpha value is -0.300. The van der Waals surface area contributed by atoms with Crippen LogP contribution in [0.25, 0.3) is 0 Å². The van der Waals surface area contributed by atoms with Gasteiger partial charge in [0.2, 0.25) is 0 Å². The lowest BCUT2D eigenvalue weighted by molar-refractivity contribution is -0.106. The van der Waals surface area contributed by atoms with E-state index in [9.17, 15) is 5.11 Å². The second kappa shape index (κ2) is 7.93. The van der Waals surface area contributed by atoms with Gasteiger partial charge < -0.3 is 5.11 Å². The maximum Gasteiger partial charge on any atom is 0.0634 e. The molecular weight excluding hydrogens is 364 g/mol. The molecule has 1 N–H and O–H groups in total. The standard InChI is InChI=1S/C29H50O/c1-19(2)9-8-10-20(3)22-12-13-23-21-11-14-25-27(4,5)17-16-26(30)29(25,7)24(21)15-18-28(22,23)6/h14,19-24,26,30H,8-13,15-18H2,1-7H3/t20?,21-,22+,23-,24-,26-,28+,29+/m0/s1. The third-order valence-electron chi connectivity index (χ3n) is 11.0. The van der Waals surface area contributed by atoms with Crippen LogP contribution < -0.4 is 0 Å². The Morgan fingerprint density at radius 2 is 1.67 bits per heavy atom. The number of aliphatic hydroxyl groups excluding tert-OH is 1. The van der Waals surface area contributed by atoms with Crippen molar-refractivity contribution in [2.24, 2.45) is 51.8 Å². The van der Waals surface area contributed by atoms with E-state index in [2.05, 4.69) is 54.5 Å². The lowest BCUT2D eigenvalue weighted by Crippen LogP contribution is -2.56. The summed E-state index contributed by atoms with van der Waals surface area (Å²) in [6.07, 6.45) is 15.7. The van der Waals surface area contributed by atoms with E-state index in [4.69, 9.17) is 0 Å². The Morgan fingerprint density at radius 3 is 2.37 bits per heavy atom. The van der Waals surface area contributed by atoms with Crippen molar-refractivity contribution in [3.05, 3.63) is 11.6 Å². The lowest BCUT2D eigenvalue weighted by atomic mass is 9.44. The molecule has 0 amide bonds. The van der Waals surface area contributed by atoms with Gasteiger partial charge in [-0.15, -0.1) is 0 Å². The Labute approximate surface area is 187 Å². The highest BCUT2D eigenvalue weighted by Crippen LogP contribution is 2.68. The van der Waals surface area contributed by atoms with Crippen LogP contribution in [0.2, 0.25) is 0 Å². The first-order chi connectivity index (χ1) is 14.0. The minimum absolute atomic E-state index is 0.0208. The van der Waals surface area contributed by atoms with Crippen LogP contribution in [0.15, 0.2) is 11.6 Å². The molecule has 0 heterocycles. The molecule has 1 heteroatoms. The minimum Gasteiger partial charge on any atom is -0.392 e. The molecule has 4 rings (SSSR count). The average Bonchev–Trinajstić information content (AvgIpc) is 3.02. The molecule has 1 unspecified atom stereocenters. The van der Waals surface area contributed by atoms with E-state index in [-0.39, 0.29) is 16.9 Å². The van der Waals surface area contributed by atoms with Gasteiger partial charge in [-0.3, -0.25) is 0 Å². The van der Waals surface area contributed by atoms with Crippen molar-refractivity contribution in [3.8, 4) is 0 Å². The summed E-state index contributed by atoms with van der Waals surface area (Å²) in [5, 5.41) is 11.3. The van der Waals surface area contributed by atoms with Gasteiger partial charge in [-0.25, -0.2) is 0 Å². The molecule has 172 valence electrons. The van der Waals surface area contributed by atoms with Gasteiger partial charge in [0, 0.05) is 5.41 Å². The maximum absolute atomic E-state index is 11.3. The maximum atomic E-state index is 11.3. The van der Waals surface area contributed by atoms with Crippen LogP contribution in [0.1, 0.15) is 113 Å². The van der Waals surface area contributed by atoms with E-state index < -0.39 is 0 Å². The number of allylic oxidation sites excluding steroid dienone is 1. The first kappa shape index (κ1) is 22.9. The summed E-state index contributed by atoms with van der Waals surface area (Å²) in [4.78, 5) is 0. The summed E-state index contributed by atoms with van der Waals surface area (Å²) in [5.74, 6) is 5.01. The Balaban J connectivity index is 1.55. The summed E-state index contributed by atoms with van der Waals surface area (Å²) in [6, 6.07) is 0. The zero-order valence-electron chi connectivity index (χ0n) is 21.1. The number of hydrogen-bond acceptors (Lipinski definition) is 1. The molecule has 4 aliphatic rings. The van der Waals surface area contributed by atoms with Gasteiger partial charge in [-0.2, -0.15) is 0 Å². The summed E-state index contributed by atoms with van der Waals surface area (Å²) in [7, 11) is 0. The normalized spacial score (nSPS) is 46.0. The summed E-state index contributed by atoms with van der Waals surface area (Å²) >= 11 is 0. The predicted octanol–water partition coefficient (Wildman–Crippen LogP) is 8.02. The van der Waals surface area contributed by atoms with E-state index in [1.165, 1.54) is 51.4 Å². The van der Waals surface area contributed by atoms with Gasteiger partial charge in [0.05, 0.1) is 6.10 Å². The number of rotatable bonds is 5. The fraction of sp³-hybridized carbons (Fsp3) is 0.931. The van der Waals surface area contributed by atoms with Gasteiger partial charge >= 0.3 is 0 Å². The molecule has 0 aliphatic heterocycles. The second-order valence-electron chi connectivity index (χ2n) is 13.5. The summed E-state index contributed by atoms with van der Waals surface area (Å²) in [6.45, 7) is 17.3. The van der Waals surface area contributed by atoms with Crippen molar-refractivity contribution >= 4 is 0 Å². The average molecular weight is 415 g/mol. The van der Waals surface area contributed by atoms with Crippen molar-refractivity contribution in [3.63, 3.8) is 0 Å². The molecule has 0 aromatic rings. The van der Waals surface area contributed by atoms with Crippen molar-refractivity contribution in [2.75, 3.05) is 0 Å². The third kappa shape index (κ3) is 3.45. The summed E-state index contributed by atoms with van der Waals surface area (Å²) < 4.78 is 0. The Morgan fingerprint density at radius 1 is 0.933 bits per heavy atom. The lowest BCUT2D eigenvalue weighted by Gasteiger charge is -2.61. The monoisotopic (exact) mass is 414 g/mol. The topological polar surface area (TPSA) is 20.2 Å². The molecule has 3 saturated carbocycles. The quantitative estimate of drug-likeness (QED) is 0.451. The minimum atomic E-state index is -0.138. The SMILES string of the molecule is CC(C)CCCC(C)[C@H]1CC[C@H]2[C@@H]3CC=C4C(C)(C)CC[C@H](O)[C@]4(C)[C@H]3CC[C@]12C. The molecule has 0 spiro atoms. The molecule has 1 nitrogen and oxygen atoms in total. The van der Waals surface area contributed by atoms with Gasteiger partial charge in [0.25, 0.3) is 0 Å². The number of hydrogen-bond donors (Lipinski definition) is 1. The van der Waals surface area contributed by atoms with Crippen molar-refractivity contribution in [1.82, 2.24) is 0 Å². The molecule has 0 bridgehead atoms. The van der Waals surface area contributed by atoms with Gasteiger partial charge in [0.15, 0.2) is 0 Å². The summed E-state index contributed by atoms with van der Waals surface area (Å²) in [5.41, 5.74) is 2.43. The van der Waals surface area contributed by atoms with E-state index >= 15 is 0 Å². The largest absolute Gasteiger partial charge is 0.392 e. The Kier molecular flexibility index (Phi) is 6.05. The van der Waals surface area contributed by atoms with Crippen LogP contribution in [-0.4, -0.2) is 11.2 Å². The van der Waals surface area contributed by atoms with Crippen LogP contribution in [0, 0.1) is 51.8 Å². The van der Waals surface area contributed by atoms with Crippen LogP contribution in [-0.2, 0) is 0 Å². The third-order valence-corrected chi connectivity index (χ3v) is 11.0. The molecule has 0 radical (unpaired) electrons. The van der Waals surface area contributed by atoms with Crippen molar-refractivity contribution in [1.29, 1.82) is 0 Å². The fourth-order valence-corrected chi connectivity index (χ4v) is 9.42. The van der Waals surface area contributed by atoms with Crippen molar-refractivity contribution in [2.45, 2.75) is 119 Å². The molecular formula is C29H50O. The van der Waals surface area contributed by atoms with Gasteiger partial charge in [-0.05, 0) is 91.3 Å². The van der Waals surface area contributed by atoms with E-state index in [1.807, 2.05) is 0 Å². The highest BCUT2D eigenvalue weighted by molar-refractivity contribution is 5.31. The van der Waals surface area contributed by atoms with E-state index in [0.717, 1.165) is 42.4 Å². The molecule has 8 atom stereocenters. The zero-order valence-corrected chi connectivity index (χ0v) is 21.1. The fourth-order valence-electron chi connectivity index (χ4n) is 9.42. The first-order valence-electron chi connectivity index (χ1n) is 13.4. The Bertz CT molecular complexity index is 659. The highest BCUT2D eigenvalue weighted by Gasteiger charge is 2.62. The predicted molar refractivity (Wildman–Crippen MR) is 128 cm³/mol. The van der Waals surface area contributed by atoms with Crippen LogP contribution in [0.5, 0.6) is 0 Å². The molecule has 0 aromatic carbocycles. The highest BCUT2D eigenvalue weighted by atomic mass is 16.3. The number of aliphatic hydroxyl groups is 1. The molecule has 0 aromatic heterocycles. The molecule has 30 heavy (non-hydrogen) atoms. The molecule has 3 fully saturated rings. The second-order valence-corrected chi connectivity index (χ2v) is 13.5. The van der Waals surface area contributed by atoms with E-state index in [1.54, 1.807) is 5.57 Å². The van der Waals surface area contributed by atoms with E-state index in [0.29, 0.717) is 11.3 Å².